The highest BCUT2D eigenvalue weighted by atomic mass is 31.2. The fourth-order valence-electron chi connectivity index (χ4n) is 6.86. The fraction of sp³-hybridized carbons (Fsp3) is 1.00. The van der Waals surface area contributed by atoms with Crippen molar-refractivity contribution in [2.75, 3.05) is 13.2 Å². The van der Waals surface area contributed by atoms with Gasteiger partial charge in [0.15, 0.2) is 0 Å². The van der Waals surface area contributed by atoms with Gasteiger partial charge in [0.1, 0.15) is 0 Å². The molecule has 0 aromatic heterocycles. The lowest BCUT2D eigenvalue weighted by Gasteiger charge is -2.32. The summed E-state index contributed by atoms with van der Waals surface area (Å²) < 4.78 is 19.1. The average Bonchev–Trinajstić information content (AvgIpc) is 3.04. The van der Waals surface area contributed by atoms with Crippen LogP contribution in [0, 0.1) is 5.92 Å². The van der Waals surface area contributed by atoms with E-state index in [0.29, 0.717) is 12.0 Å². The molecular weight excluding hydrogens is 559 g/mol. The van der Waals surface area contributed by atoms with Gasteiger partial charge in [0, 0.05) is 0 Å². The van der Waals surface area contributed by atoms with E-state index < -0.39 is 8.60 Å². The van der Waals surface area contributed by atoms with E-state index in [1.807, 2.05) is 0 Å². The van der Waals surface area contributed by atoms with Gasteiger partial charge in [0.2, 0.25) is 0 Å². The number of rotatable bonds is 35. The van der Waals surface area contributed by atoms with E-state index in [9.17, 15) is 0 Å². The predicted molar refractivity (Wildman–Crippen MR) is 197 cm³/mol. The molecule has 0 spiro atoms. The molecule has 44 heavy (non-hydrogen) atoms. The van der Waals surface area contributed by atoms with Crippen molar-refractivity contribution >= 4 is 8.60 Å². The van der Waals surface area contributed by atoms with E-state index in [1.54, 1.807) is 0 Å². The molecule has 0 aliphatic heterocycles. The molecule has 0 bridgehead atoms. The van der Waals surface area contributed by atoms with Crippen molar-refractivity contribution in [3.63, 3.8) is 0 Å². The molecular formula is C40H81O3P. The second kappa shape index (κ2) is 34.6. The van der Waals surface area contributed by atoms with E-state index in [0.717, 1.165) is 26.1 Å². The summed E-state index contributed by atoms with van der Waals surface area (Å²) in [6.45, 7) is 8.52. The second-order valence-corrected chi connectivity index (χ2v) is 15.4. The highest BCUT2D eigenvalue weighted by Gasteiger charge is 2.28. The van der Waals surface area contributed by atoms with E-state index in [1.165, 1.54) is 199 Å². The Kier molecular flexibility index (Phi) is 33.3. The normalized spacial score (nSPS) is 17.2. The third-order valence-electron chi connectivity index (χ3n) is 9.97. The van der Waals surface area contributed by atoms with Crippen molar-refractivity contribution < 1.29 is 13.6 Å². The maximum absolute atomic E-state index is 6.55. The first-order chi connectivity index (χ1) is 21.8. The summed E-state index contributed by atoms with van der Waals surface area (Å²) in [7, 11) is -1.20. The molecule has 1 aliphatic carbocycles. The summed E-state index contributed by atoms with van der Waals surface area (Å²) >= 11 is 0. The summed E-state index contributed by atoms with van der Waals surface area (Å²) in [6, 6.07) is 0. The Bertz CT molecular complexity index is 511. The number of unbranched alkanes of at least 4 members (excludes halogenated alkanes) is 26. The lowest BCUT2D eigenvalue weighted by molar-refractivity contribution is 0.0541. The molecule has 0 aromatic rings. The van der Waals surface area contributed by atoms with Gasteiger partial charge < -0.3 is 13.6 Å². The molecule has 0 amide bonds. The zero-order chi connectivity index (χ0) is 31.6. The Balaban J connectivity index is 2.07. The monoisotopic (exact) mass is 641 g/mol. The molecule has 264 valence electrons. The summed E-state index contributed by atoms with van der Waals surface area (Å²) in [6.07, 6.45) is 45.6. The maximum Gasteiger partial charge on any atom is 0.332 e. The Morgan fingerprint density at radius 3 is 1.07 bits per heavy atom. The molecule has 0 aromatic carbocycles. The van der Waals surface area contributed by atoms with Gasteiger partial charge in [0.25, 0.3) is 0 Å². The van der Waals surface area contributed by atoms with Gasteiger partial charge in [-0.05, 0) is 31.6 Å². The van der Waals surface area contributed by atoms with Crippen molar-refractivity contribution in [3.05, 3.63) is 0 Å². The zero-order valence-corrected chi connectivity index (χ0v) is 31.5. The molecule has 1 aliphatic rings. The maximum atomic E-state index is 6.55. The fourth-order valence-corrected chi connectivity index (χ4v) is 8.11. The van der Waals surface area contributed by atoms with E-state index in [4.69, 9.17) is 13.6 Å². The van der Waals surface area contributed by atoms with Crippen molar-refractivity contribution in [2.24, 2.45) is 5.92 Å². The third-order valence-corrected chi connectivity index (χ3v) is 11.2. The Morgan fingerprint density at radius 1 is 0.409 bits per heavy atom. The molecule has 1 rings (SSSR count). The van der Waals surface area contributed by atoms with E-state index >= 15 is 0 Å². The summed E-state index contributed by atoms with van der Waals surface area (Å²) in [5, 5.41) is 0. The smallest absolute Gasteiger partial charge is 0.312 e. The highest BCUT2D eigenvalue weighted by Crippen LogP contribution is 2.45. The highest BCUT2D eigenvalue weighted by molar-refractivity contribution is 7.41. The summed E-state index contributed by atoms with van der Waals surface area (Å²) in [5.74, 6) is 0.683. The van der Waals surface area contributed by atoms with E-state index in [-0.39, 0.29) is 0 Å². The molecule has 0 N–H and O–H groups in total. The SMILES string of the molecule is CCCCCCCCCCCCCCCCOP(OCCCCCCCCCCCCCCCC)OC1CCCCC1CC. The minimum atomic E-state index is -1.20. The molecule has 3 nitrogen and oxygen atoms in total. The minimum Gasteiger partial charge on any atom is -0.312 e. The lowest BCUT2D eigenvalue weighted by atomic mass is 9.85. The first-order valence-electron chi connectivity index (χ1n) is 20.5. The topological polar surface area (TPSA) is 27.7 Å². The molecule has 2 atom stereocenters. The van der Waals surface area contributed by atoms with Crippen LogP contribution in [-0.4, -0.2) is 19.3 Å². The summed E-state index contributed by atoms with van der Waals surface area (Å²) in [4.78, 5) is 0. The minimum absolute atomic E-state index is 0.340. The molecule has 0 saturated heterocycles. The summed E-state index contributed by atoms with van der Waals surface area (Å²) in [5.41, 5.74) is 0. The van der Waals surface area contributed by atoms with Crippen LogP contribution in [0.5, 0.6) is 0 Å². The zero-order valence-electron chi connectivity index (χ0n) is 30.6. The number of hydrogen-bond acceptors (Lipinski definition) is 3. The van der Waals surface area contributed by atoms with Crippen LogP contribution in [0.25, 0.3) is 0 Å². The van der Waals surface area contributed by atoms with E-state index in [2.05, 4.69) is 20.8 Å². The van der Waals surface area contributed by atoms with Crippen LogP contribution in [0.3, 0.4) is 0 Å². The molecule has 0 radical (unpaired) electrons. The predicted octanol–water partition coefficient (Wildman–Crippen LogP) is 15.2. The van der Waals surface area contributed by atoms with Gasteiger partial charge in [0.05, 0.1) is 19.3 Å². The van der Waals surface area contributed by atoms with Crippen LogP contribution in [0.4, 0.5) is 0 Å². The molecule has 0 heterocycles. The lowest BCUT2D eigenvalue weighted by Crippen LogP contribution is -2.26. The van der Waals surface area contributed by atoms with Gasteiger partial charge >= 0.3 is 8.60 Å². The second-order valence-electron chi connectivity index (χ2n) is 14.2. The van der Waals surface area contributed by atoms with Crippen LogP contribution in [-0.2, 0) is 13.6 Å². The Labute approximate surface area is 279 Å². The first-order valence-corrected chi connectivity index (χ1v) is 21.6. The number of hydrogen-bond donors (Lipinski definition) is 0. The molecule has 1 saturated carbocycles. The van der Waals surface area contributed by atoms with Gasteiger partial charge in [-0.1, -0.05) is 207 Å². The first kappa shape index (κ1) is 42.3. The standard InChI is InChI=1S/C40H81O3P/c1-4-7-9-11-13-15-17-19-21-23-25-27-29-33-37-41-44(43-40-36-32-31-35-39(40)6-3)42-38-34-30-28-26-24-22-20-18-16-14-12-10-8-5-2/h39-40H,4-38H2,1-3H3. The van der Waals surface area contributed by atoms with Gasteiger partial charge in [-0.15, -0.1) is 0 Å². The van der Waals surface area contributed by atoms with Gasteiger partial charge in [-0.3, -0.25) is 0 Å². The van der Waals surface area contributed by atoms with Crippen LogP contribution in [0.2, 0.25) is 0 Å². The van der Waals surface area contributed by atoms with Crippen LogP contribution in [0.1, 0.15) is 233 Å². The van der Waals surface area contributed by atoms with Crippen LogP contribution in [0.15, 0.2) is 0 Å². The third kappa shape index (κ3) is 27.4. The molecule has 1 fully saturated rings. The molecule has 2 unspecified atom stereocenters. The van der Waals surface area contributed by atoms with Crippen molar-refractivity contribution in [3.8, 4) is 0 Å². The van der Waals surface area contributed by atoms with Crippen molar-refractivity contribution in [1.29, 1.82) is 0 Å². The Morgan fingerprint density at radius 2 is 0.727 bits per heavy atom. The van der Waals surface area contributed by atoms with Crippen molar-refractivity contribution in [1.82, 2.24) is 0 Å². The largest absolute Gasteiger partial charge is 0.332 e. The van der Waals surface area contributed by atoms with Crippen LogP contribution < -0.4 is 0 Å². The Hall–Kier alpha value is 0.310. The molecule has 4 heteroatoms. The van der Waals surface area contributed by atoms with Crippen molar-refractivity contribution in [2.45, 2.75) is 239 Å². The van der Waals surface area contributed by atoms with Gasteiger partial charge in [-0.25, -0.2) is 0 Å². The van der Waals surface area contributed by atoms with Gasteiger partial charge in [-0.2, -0.15) is 0 Å². The van der Waals surface area contributed by atoms with Crippen LogP contribution >= 0.6 is 8.60 Å². The average molecular weight is 641 g/mol. The quantitative estimate of drug-likeness (QED) is 0.0509.